The van der Waals surface area contributed by atoms with Gasteiger partial charge in [-0.3, -0.25) is 19.7 Å². The van der Waals surface area contributed by atoms with Crippen LogP contribution >= 0.6 is 23.4 Å². The molecule has 3 aromatic carbocycles. The summed E-state index contributed by atoms with van der Waals surface area (Å²) >= 11 is 6.98. The molecule has 5 rings (SSSR count). The summed E-state index contributed by atoms with van der Waals surface area (Å²) in [5.74, 6) is 0.475. The summed E-state index contributed by atoms with van der Waals surface area (Å²) in [5, 5.41) is 3.07. The van der Waals surface area contributed by atoms with Crippen LogP contribution in [0, 0.1) is 0 Å². The molecule has 1 saturated heterocycles. The number of pyridine rings is 1. The van der Waals surface area contributed by atoms with E-state index in [1.165, 1.54) is 0 Å². The van der Waals surface area contributed by atoms with Gasteiger partial charge >= 0.3 is 0 Å². The molecule has 1 fully saturated rings. The number of aryl methyl sites for hydroxylation is 1. The van der Waals surface area contributed by atoms with Gasteiger partial charge in [0.25, 0.3) is 11.1 Å². The van der Waals surface area contributed by atoms with Gasteiger partial charge in [-0.15, -0.1) is 0 Å². The first-order valence-electron chi connectivity index (χ1n) is 11.8. The van der Waals surface area contributed by atoms with E-state index in [0.29, 0.717) is 26.8 Å². The van der Waals surface area contributed by atoms with E-state index < -0.39 is 0 Å². The zero-order chi connectivity index (χ0) is 26.8. The third kappa shape index (κ3) is 5.05. The van der Waals surface area contributed by atoms with Gasteiger partial charge in [0.05, 0.1) is 16.1 Å². The number of halogens is 1. The quantitative estimate of drug-likeness (QED) is 0.225. The van der Waals surface area contributed by atoms with E-state index in [-0.39, 0.29) is 35.5 Å². The van der Waals surface area contributed by atoms with Crippen LogP contribution in [0.3, 0.4) is 0 Å². The Balaban J connectivity index is 1.33. The molecule has 2 heterocycles. The summed E-state index contributed by atoms with van der Waals surface area (Å²) in [4.78, 5) is 37.2. The molecule has 0 saturated carbocycles. The molecule has 0 aliphatic carbocycles. The van der Waals surface area contributed by atoms with Crippen molar-refractivity contribution in [2.75, 3.05) is 13.2 Å². The van der Waals surface area contributed by atoms with Crippen molar-refractivity contribution in [1.82, 2.24) is 9.88 Å². The summed E-state index contributed by atoms with van der Waals surface area (Å²) in [6.07, 6.45) is 0. The smallest absolute Gasteiger partial charge is 0.290 e. The molecule has 192 valence electrons. The van der Waals surface area contributed by atoms with Gasteiger partial charge in [0, 0.05) is 23.0 Å². The number of carbonyl (C=O) groups excluding carboxylic acids is 2. The first-order valence-corrected chi connectivity index (χ1v) is 13.0. The minimum atomic E-state index is -0.382. The topological polar surface area (TPSA) is 86.6 Å². The number of rotatable bonds is 7. The Morgan fingerprint density at radius 3 is 2.29 bits per heavy atom. The lowest BCUT2D eigenvalue weighted by molar-refractivity contribution is -0.115. The normalized spacial score (nSPS) is 14.5. The van der Waals surface area contributed by atoms with Crippen LogP contribution in [0.4, 0.5) is 4.79 Å². The van der Waals surface area contributed by atoms with Crippen molar-refractivity contribution < 1.29 is 19.1 Å². The lowest BCUT2D eigenvalue weighted by Gasteiger charge is -2.18. The number of carbonyl (C=O) groups is 2. The molecule has 1 aliphatic heterocycles. The van der Waals surface area contributed by atoms with Gasteiger partial charge in [-0.2, -0.15) is 0 Å². The fourth-order valence-electron chi connectivity index (χ4n) is 4.32. The minimum absolute atomic E-state index is 0.151. The van der Waals surface area contributed by atoms with Crippen LogP contribution in [0.15, 0.2) is 82.5 Å². The predicted molar refractivity (Wildman–Crippen MR) is 151 cm³/mol. The van der Waals surface area contributed by atoms with Gasteiger partial charge in [0.15, 0.2) is 5.75 Å². The number of para-hydroxylation sites is 1. The second kappa shape index (κ2) is 10.8. The molecule has 7 nitrogen and oxygen atoms in total. The highest BCUT2D eigenvalue weighted by Crippen LogP contribution is 2.33. The van der Waals surface area contributed by atoms with Crippen molar-refractivity contribution in [2.45, 2.75) is 6.92 Å². The fourth-order valence-corrected chi connectivity index (χ4v) is 5.19. The number of amides is 2. The van der Waals surface area contributed by atoms with Crippen LogP contribution in [-0.4, -0.2) is 28.9 Å². The fraction of sp³-hybridized carbons (Fsp3) is 0.138. The molecule has 0 bridgehead atoms. The molecule has 0 spiro atoms. The van der Waals surface area contributed by atoms with Gasteiger partial charge in [-0.25, -0.2) is 0 Å². The zero-order valence-corrected chi connectivity index (χ0v) is 22.2. The number of thioether (sulfide) groups is 1. The lowest BCUT2D eigenvalue weighted by Crippen LogP contribution is -2.18. The van der Waals surface area contributed by atoms with E-state index in [9.17, 15) is 14.4 Å². The van der Waals surface area contributed by atoms with E-state index in [0.717, 1.165) is 34.0 Å². The van der Waals surface area contributed by atoms with E-state index in [1.807, 2.05) is 54.1 Å². The molecule has 0 unspecified atom stereocenters. The largest absolute Gasteiger partial charge is 0.490 e. The molecule has 9 heteroatoms. The molecule has 4 aromatic rings. The third-order valence-corrected chi connectivity index (χ3v) is 7.46. The molecule has 1 aliphatic rings. The zero-order valence-electron chi connectivity index (χ0n) is 20.6. The average Bonchev–Trinajstić information content (AvgIpc) is 3.27. The molecular weight excluding hydrogens is 524 g/mol. The molecule has 1 N–H and O–H groups in total. The van der Waals surface area contributed by atoms with E-state index in [4.69, 9.17) is 21.1 Å². The number of hydrogen-bond donors (Lipinski definition) is 1. The van der Waals surface area contributed by atoms with Gasteiger partial charge < -0.3 is 14.0 Å². The maximum absolute atomic E-state index is 13.4. The predicted octanol–water partition coefficient (Wildman–Crippen LogP) is 6.03. The maximum Gasteiger partial charge on any atom is 0.290 e. The summed E-state index contributed by atoms with van der Waals surface area (Å²) in [7, 11) is 1.90. The van der Waals surface area contributed by atoms with E-state index in [1.54, 1.807) is 37.3 Å². The first-order chi connectivity index (χ1) is 18.3. The monoisotopic (exact) mass is 546 g/mol. The molecule has 0 radical (unpaired) electrons. The Kier molecular flexibility index (Phi) is 7.26. The SMILES string of the molecule is CC(=C1SC(=O)NC1=O)c1ccc(OCCOc2c(-c3ccc(Cl)cc3)n(C)c3ccccc3c2=O)cc1. The highest BCUT2D eigenvalue weighted by molar-refractivity contribution is 8.18. The molecule has 1 aromatic heterocycles. The summed E-state index contributed by atoms with van der Waals surface area (Å²) in [6, 6.07) is 21.9. The number of allylic oxidation sites excluding steroid dienone is 1. The molecule has 38 heavy (non-hydrogen) atoms. The second-order valence-corrected chi connectivity index (χ2v) is 10.0. The van der Waals surface area contributed by atoms with Crippen LogP contribution in [0.5, 0.6) is 11.5 Å². The van der Waals surface area contributed by atoms with Crippen molar-refractivity contribution in [3.05, 3.63) is 98.5 Å². The highest BCUT2D eigenvalue weighted by Gasteiger charge is 2.27. The van der Waals surface area contributed by atoms with Crippen LogP contribution in [0.25, 0.3) is 27.7 Å². The van der Waals surface area contributed by atoms with Gasteiger partial charge in [-0.1, -0.05) is 48.0 Å². The number of fused-ring (bicyclic) bond motifs is 1. The Bertz CT molecular complexity index is 1640. The van der Waals surface area contributed by atoms with Crippen LogP contribution in [0.1, 0.15) is 12.5 Å². The summed E-state index contributed by atoms with van der Waals surface area (Å²) in [6.45, 7) is 2.16. The second-order valence-electron chi connectivity index (χ2n) is 8.61. The van der Waals surface area contributed by atoms with E-state index in [2.05, 4.69) is 5.32 Å². The van der Waals surface area contributed by atoms with Crippen molar-refractivity contribution in [2.24, 2.45) is 7.05 Å². The minimum Gasteiger partial charge on any atom is -0.490 e. The number of imide groups is 1. The number of aromatic nitrogens is 1. The van der Waals surface area contributed by atoms with Gasteiger partial charge in [0.2, 0.25) is 5.43 Å². The van der Waals surface area contributed by atoms with Crippen LogP contribution < -0.4 is 20.2 Å². The Morgan fingerprint density at radius 2 is 1.61 bits per heavy atom. The van der Waals surface area contributed by atoms with Crippen molar-refractivity contribution >= 4 is 51.0 Å². The van der Waals surface area contributed by atoms with Crippen LogP contribution in [-0.2, 0) is 11.8 Å². The number of ether oxygens (including phenoxy) is 2. The summed E-state index contributed by atoms with van der Waals surface area (Å²) in [5.41, 5.74) is 3.61. The van der Waals surface area contributed by atoms with Crippen molar-refractivity contribution in [3.8, 4) is 22.8 Å². The summed E-state index contributed by atoms with van der Waals surface area (Å²) < 4.78 is 13.8. The van der Waals surface area contributed by atoms with Gasteiger partial charge in [-0.05, 0) is 66.2 Å². The molecule has 0 atom stereocenters. The van der Waals surface area contributed by atoms with Gasteiger partial charge in [0.1, 0.15) is 19.0 Å². The van der Waals surface area contributed by atoms with Crippen molar-refractivity contribution in [1.29, 1.82) is 0 Å². The molecular formula is C29H23ClN2O5S. The van der Waals surface area contributed by atoms with Crippen LogP contribution in [0.2, 0.25) is 5.02 Å². The molecule has 2 amide bonds. The third-order valence-electron chi connectivity index (χ3n) is 6.23. The van der Waals surface area contributed by atoms with E-state index >= 15 is 0 Å². The Morgan fingerprint density at radius 1 is 0.921 bits per heavy atom. The number of hydrogen-bond acceptors (Lipinski definition) is 6. The highest BCUT2D eigenvalue weighted by atomic mass is 35.5. The number of nitrogens with zero attached hydrogens (tertiary/aromatic N) is 1. The standard InChI is InChI=1S/C29H23ClN2O5S/c1-17(27-28(34)31-29(35)38-27)18-9-13-21(14-10-18)36-15-16-37-26-24(19-7-11-20(30)12-8-19)32(2)23-6-4-3-5-22(23)25(26)33/h3-14H,15-16H2,1-2H3,(H,31,34,35). The Hall–Kier alpha value is -4.01. The number of benzene rings is 3. The first kappa shape index (κ1) is 25.6. The Labute approximate surface area is 228 Å². The maximum atomic E-state index is 13.4. The van der Waals surface area contributed by atoms with Crippen molar-refractivity contribution in [3.63, 3.8) is 0 Å². The average molecular weight is 547 g/mol. The number of nitrogens with one attached hydrogen (secondary N) is 1. The lowest BCUT2D eigenvalue weighted by atomic mass is 10.1.